The SMILES string of the molecule is CCC(CC)N(CCO)C(=O)CSCc1ccc(F)cc1. The number of rotatable bonds is 9. The van der Waals surface area contributed by atoms with Crippen LogP contribution in [0.4, 0.5) is 4.39 Å². The lowest BCUT2D eigenvalue weighted by molar-refractivity contribution is -0.131. The average Bonchev–Trinajstić information content (AvgIpc) is 2.49. The van der Waals surface area contributed by atoms with E-state index in [1.165, 1.54) is 23.9 Å². The Balaban J connectivity index is 2.47. The van der Waals surface area contributed by atoms with Crippen molar-refractivity contribution in [1.29, 1.82) is 0 Å². The molecule has 0 spiro atoms. The van der Waals surface area contributed by atoms with E-state index in [0.717, 1.165) is 18.4 Å². The van der Waals surface area contributed by atoms with E-state index in [0.29, 0.717) is 18.1 Å². The molecular formula is C16H24FNO2S. The molecule has 1 aromatic rings. The summed E-state index contributed by atoms with van der Waals surface area (Å²) in [6, 6.07) is 6.52. The van der Waals surface area contributed by atoms with Gasteiger partial charge in [-0.15, -0.1) is 11.8 Å². The van der Waals surface area contributed by atoms with Gasteiger partial charge in [0.05, 0.1) is 12.4 Å². The molecule has 0 heterocycles. The number of thioether (sulfide) groups is 1. The van der Waals surface area contributed by atoms with Crippen molar-refractivity contribution in [2.45, 2.75) is 38.5 Å². The molecule has 118 valence electrons. The lowest BCUT2D eigenvalue weighted by atomic mass is 10.1. The van der Waals surface area contributed by atoms with Crippen LogP contribution in [0.15, 0.2) is 24.3 Å². The average molecular weight is 313 g/mol. The van der Waals surface area contributed by atoms with Crippen molar-refractivity contribution >= 4 is 17.7 Å². The third-order valence-corrected chi connectivity index (χ3v) is 4.44. The second-order valence-electron chi connectivity index (χ2n) is 4.90. The number of aliphatic hydroxyl groups excluding tert-OH is 1. The van der Waals surface area contributed by atoms with Crippen LogP contribution in [0.25, 0.3) is 0 Å². The van der Waals surface area contributed by atoms with Crippen molar-refractivity contribution in [3.8, 4) is 0 Å². The number of carbonyl (C=O) groups is 1. The molecule has 1 amide bonds. The van der Waals surface area contributed by atoms with Gasteiger partial charge >= 0.3 is 0 Å². The molecule has 0 saturated carbocycles. The van der Waals surface area contributed by atoms with Crippen LogP contribution in [0.5, 0.6) is 0 Å². The molecule has 1 rings (SSSR count). The minimum absolute atomic E-state index is 0.00906. The molecular weight excluding hydrogens is 289 g/mol. The van der Waals surface area contributed by atoms with E-state index < -0.39 is 0 Å². The number of aliphatic hydroxyl groups is 1. The van der Waals surface area contributed by atoms with Crippen LogP contribution in [0, 0.1) is 5.82 Å². The molecule has 0 aliphatic carbocycles. The van der Waals surface area contributed by atoms with Gasteiger partial charge in [0, 0.05) is 18.3 Å². The molecule has 1 N–H and O–H groups in total. The maximum atomic E-state index is 12.8. The Morgan fingerprint density at radius 3 is 2.43 bits per heavy atom. The highest BCUT2D eigenvalue weighted by Gasteiger charge is 2.20. The first-order valence-corrected chi connectivity index (χ1v) is 8.50. The first-order chi connectivity index (χ1) is 10.1. The minimum Gasteiger partial charge on any atom is -0.395 e. The Bertz CT molecular complexity index is 421. The zero-order valence-electron chi connectivity index (χ0n) is 12.7. The van der Waals surface area contributed by atoms with Gasteiger partial charge in [0.2, 0.25) is 5.91 Å². The number of benzene rings is 1. The summed E-state index contributed by atoms with van der Waals surface area (Å²) < 4.78 is 12.8. The van der Waals surface area contributed by atoms with Gasteiger partial charge in [0.1, 0.15) is 5.82 Å². The topological polar surface area (TPSA) is 40.5 Å². The van der Waals surface area contributed by atoms with E-state index in [1.807, 2.05) is 0 Å². The van der Waals surface area contributed by atoms with Crippen molar-refractivity contribution in [2.24, 2.45) is 0 Å². The predicted molar refractivity (Wildman–Crippen MR) is 85.7 cm³/mol. The van der Waals surface area contributed by atoms with Gasteiger partial charge < -0.3 is 10.0 Å². The molecule has 0 radical (unpaired) electrons. The van der Waals surface area contributed by atoms with Gasteiger partial charge in [-0.2, -0.15) is 0 Å². The van der Waals surface area contributed by atoms with E-state index in [9.17, 15) is 9.18 Å². The summed E-state index contributed by atoms with van der Waals surface area (Å²) in [5, 5.41) is 9.12. The number of carbonyl (C=O) groups excluding carboxylic acids is 1. The summed E-state index contributed by atoms with van der Waals surface area (Å²) in [7, 11) is 0. The van der Waals surface area contributed by atoms with E-state index in [4.69, 9.17) is 5.11 Å². The Hall–Kier alpha value is -1.07. The van der Waals surface area contributed by atoms with Crippen molar-refractivity contribution in [1.82, 2.24) is 4.90 Å². The summed E-state index contributed by atoms with van der Waals surface area (Å²) in [5.41, 5.74) is 1.01. The van der Waals surface area contributed by atoms with Gasteiger partial charge in [0.25, 0.3) is 0 Å². The first-order valence-electron chi connectivity index (χ1n) is 7.34. The van der Waals surface area contributed by atoms with Gasteiger partial charge in [-0.05, 0) is 30.5 Å². The summed E-state index contributed by atoms with van der Waals surface area (Å²) in [5.74, 6) is 0.878. The van der Waals surface area contributed by atoms with Crippen LogP contribution in [0.3, 0.4) is 0 Å². The molecule has 0 aliphatic heterocycles. The molecule has 0 atom stereocenters. The zero-order valence-corrected chi connectivity index (χ0v) is 13.5. The number of nitrogens with zero attached hydrogens (tertiary/aromatic N) is 1. The van der Waals surface area contributed by atoms with Gasteiger partial charge in [-0.1, -0.05) is 26.0 Å². The smallest absolute Gasteiger partial charge is 0.232 e. The van der Waals surface area contributed by atoms with Crippen molar-refractivity contribution < 1.29 is 14.3 Å². The van der Waals surface area contributed by atoms with Crippen LogP contribution >= 0.6 is 11.8 Å². The summed E-state index contributed by atoms with van der Waals surface area (Å²) >= 11 is 1.52. The van der Waals surface area contributed by atoms with Crippen LogP contribution in [-0.2, 0) is 10.5 Å². The normalized spacial score (nSPS) is 10.9. The highest BCUT2D eigenvalue weighted by Crippen LogP contribution is 2.16. The molecule has 0 aromatic heterocycles. The summed E-state index contributed by atoms with van der Waals surface area (Å²) in [6.45, 7) is 4.49. The Morgan fingerprint density at radius 2 is 1.90 bits per heavy atom. The quantitative estimate of drug-likeness (QED) is 0.762. The van der Waals surface area contributed by atoms with Crippen molar-refractivity contribution in [2.75, 3.05) is 18.9 Å². The minimum atomic E-state index is -0.248. The molecule has 0 saturated heterocycles. The number of hydrogen-bond donors (Lipinski definition) is 1. The largest absolute Gasteiger partial charge is 0.395 e. The second kappa shape index (κ2) is 9.79. The molecule has 5 heteroatoms. The number of hydrogen-bond acceptors (Lipinski definition) is 3. The van der Waals surface area contributed by atoms with Gasteiger partial charge in [-0.3, -0.25) is 4.79 Å². The predicted octanol–water partition coefficient (Wildman–Crippen LogP) is 3.07. The number of amides is 1. The third kappa shape index (κ3) is 6.06. The Kier molecular flexibility index (Phi) is 8.38. The third-order valence-electron chi connectivity index (χ3n) is 3.45. The fourth-order valence-electron chi connectivity index (χ4n) is 2.27. The molecule has 0 aliphatic rings. The van der Waals surface area contributed by atoms with E-state index >= 15 is 0 Å². The van der Waals surface area contributed by atoms with Gasteiger partial charge in [0.15, 0.2) is 0 Å². The van der Waals surface area contributed by atoms with Gasteiger partial charge in [-0.25, -0.2) is 4.39 Å². The number of halogens is 1. The fourth-order valence-corrected chi connectivity index (χ4v) is 3.14. The molecule has 0 fully saturated rings. The fraction of sp³-hybridized carbons (Fsp3) is 0.562. The molecule has 3 nitrogen and oxygen atoms in total. The zero-order chi connectivity index (χ0) is 15.7. The second-order valence-corrected chi connectivity index (χ2v) is 5.89. The standard InChI is InChI=1S/C16H24FNO2S/c1-3-15(4-2)18(9-10-19)16(20)12-21-11-13-5-7-14(17)8-6-13/h5-8,15,19H,3-4,9-12H2,1-2H3. The van der Waals surface area contributed by atoms with Crippen LogP contribution in [0.2, 0.25) is 0 Å². The lowest BCUT2D eigenvalue weighted by Crippen LogP contribution is -2.42. The Morgan fingerprint density at radius 1 is 1.29 bits per heavy atom. The van der Waals surface area contributed by atoms with E-state index in [1.54, 1.807) is 17.0 Å². The maximum absolute atomic E-state index is 12.8. The lowest BCUT2D eigenvalue weighted by Gasteiger charge is -2.30. The van der Waals surface area contributed by atoms with Crippen LogP contribution in [0.1, 0.15) is 32.3 Å². The monoisotopic (exact) mass is 313 g/mol. The molecule has 21 heavy (non-hydrogen) atoms. The molecule has 1 aromatic carbocycles. The molecule has 0 unspecified atom stereocenters. The van der Waals surface area contributed by atoms with Crippen molar-refractivity contribution in [3.63, 3.8) is 0 Å². The van der Waals surface area contributed by atoms with E-state index in [2.05, 4.69) is 13.8 Å². The summed E-state index contributed by atoms with van der Waals surface area (Å²) in [4.78, 5) is 14.0. The van der Waals surface area contributed by atoms with Crippen LogP contribution in [-0.4, -0.2) is 40.9 Å². The van der Waals surface area contributed by atoms with Crippen LogP contribution < -0.4 is 0 Å². The highest BCUT2D eigenvalue weighted by atomic mass is 32.2. The first kappa shape index (κ1) is 18.0. The summed E-state index contributed by atoms with van der Waals surface area (Å²) in [6.07, 6.45) is 1.79. The van der Waals surface area contributed by atoms with Crippen molar-refractivity contribution in [3.05, 3.63) is 35.6 Å². The maximum Gasteiger partial charge on any atom is 0.232 e. The highest BCUT2D eigenvalue weighted by molar-refractivity contribution is 7.99. The van der Waals surface area contributed by atoms with E-state index in [-0.39, 0.29) is 24.4 Å². The Labute approximate surface area is 130 Å². The molecule has 0 bridgehead atoms.